The molecule has 124 valence electrons. The van der Waals surface area contributed by atoms with Crippen LogP contribution < -0.4 is 5.32 Å². The lowest BCUT2D eigenvalue weighted by atomic mass is 9.42. The molecular formula is C16H19BClN5O. The normalized spacial score (nSPS) is 15.7. The SMILES string of the molecule is CC(C)c1cnn2c(NC(=O)C3CCB(C#N)CC3)cc(Cl)nc12. The van der Waals surface area contributed by atoms with E-state index in [1.54, 1.807) is 16.8 Å². The van der Waals surface area contributed by atoms with Crippen molar-refractivity contribution in [2.24, 2.45) is 5.92 Å². The standard InChI is InChI=1S/C16H19BClN5O/c1-10(2)12-8-20-23-14(7-13(18)21-15(12)23)22-16(24)11-3-5-17(9-19)6-4-11/h7-8,10-11H,3-6H2,1-2H3,(H,22,24). The zero-order chi connectivity index (χ0) is 17.3. The Bertz CT molecular complexity index is 805. The first kappa shape index (κ1) is 16.8. The van der Waals surface area contributed by atoms with Crippen LogP contribution in [0.4, 0.5) is 5.82 Å². The molecule has 0 aliphatic carbocycles. The van der Waals surface area contributed by atoms with Crippen molar-refractivity contribution in [3.63, 3.8) is 0 Å². The number of amides is 1. The number of carbonyl (C=O) groups is 1. The summed E-state index contributed by atoms with van der Waals surface area (Å²) in [5.74, 6) is 2.96. The molecule has 3 rings (SSSR count). The number of carbonyl (C=O) groups excluding carboxylic acids is 1. The maximum absolute atomic E-state index is 12.6. The molecule has 24 heavy (non-hydrogen) atoms. The molecule has 0 spiro atoms. The van der Waals surface area contributed by atoms with Crippen molar-refractivity contribution in [1.82, 2.24) is 14.6 Å². The van der Waals surface area contributed by atoms with Crippen molar-refractivity contribution in [3.05, 3.63) is 23.0 Å². The van der Waals surface area contributed by atoms with E-state index in [1.807, 2.05) is 0 Å². The zero-order valence-electron chi connectivity index (χ0n) is 13.8. The van der Waals surface area contributed by atoms with Crippen LogP contribution in [0.1, 0.15) is 38.2 Å². The van der Waals surface area contributed by atoms with E-state index in [4.69, 9.17) is 16.9 Å². The Morgan fingerprint density at radius 2 is 2.21 bits per heavy atom. The number of fused-ring (bicyclic) bond motifs is 1. The molecule has 8 heteroatoms. The summed E-state index contributed by atoms with van der Waals surface area (Å²) in [5, 5.41) is 16.6. The van der Waals surface area contributed by atoms with Gasteiger partial charge in [-0.05, 0) is 18.8 Å². The average molecular weight is 344 g/mol. The molecule has 2 aromatic heterocycles. The second-order valence-electron chi connectivity index (χ2n) is 6.62. The summed E-state index contributed by atoms with van der Waals surface area (Å²) < 4.78 is 1.63. The molecule has 1 aliphatic rings. The molecule has 2 aromatic rings. The quantitative estimate of drug-likeness (QED) is 0.684. The number of nitrogens with zero attached hydrogens (tertiary/aromatic N) is 4. The van der Waals surface area contributed by atoms with E-state index in [1.165, 1.54) is 0 Å². The van der Waals surface area contributed by atoms with Crippen molar-refractivity contribution < 1.29 is 4.79 Å². The summed E-state index contributed by atoms with van der Waals surface area (Å²) in [6.45, 7) is 4.20. The van der Waals surface area contributed by atoms with Crippen LogP contribution in [0, 0.1) is 17.1 Å². The Hall–Kier alpha value is -2.07. The van der Waals surface area contributed by atoms with E-state index in [-0.39, 0.29) is 24.5 Å². The summed E-state index contributed by atoms with van der Waals surface area (Å²) in [4.78, 5) is 16.9. The monoisotopic (exact) mass is 343 g/mol. The number of hydrogen-bond acceptors (Lipinski definition) is 4. The third-order valence-corrected chi connectivity index (χ3v) is 4.82. The first-order valence-electron chi connectivity index (χ1n) is 8.24. The summed E-state index contributed by atoms with van der Waals surface area (Å²) in [6.07, 6.45) is 4.79. The average Bonchev–Trinajstić information content (AvgIpc) is 2.99. The van der Waals surface area contributed by atoms with Gasteiger partial charge in [-0.2, -0.15) is 9.61 Å². The van der Waals surface area contributed by atoms with Gasteiger partial charge in [0.05, 0.1) is 6.20 Å². The Morgan fingerprint density at radius 3 is 2.83 bits per heavy atom. The highest BCUT2D eigenvalue weighted by Gasteiger charge is 2.29. The highest BCUT2D eigenvalue weighted by Crippen LogP contribution is 2.28. The summed E-state index contributed by atoms with van der Waals surface area (Å²) >= 11 is 6.12. The van der Waals surface area contributed by atoms with Gasteiger partial charge in [0.15, 0.2) is 5.65 Å². The highest BCUT2D eigenvalue weighted by molar-refractivity contribution is 6.67. The summed E-state index contributed by atoms with van der Waals surface area (Å²) in [6, 6.07) is 1.62. The van der Waals surface area contributed by atoms with Crippen molar-refractivity contribution >= 4 is 35.7 Å². The van der Waals surface area contributed by atoms with Crippen LogP contribution in [0.25, 0.3) is 5.65 Å². The molecule has 1 amide bonds. The van der Waals surface area contributed by atoms with Crippen LogP contribution in [0.3, 0.4) is 0 Å². The fraction of sp³-hybridized carbons (Fsp3) is 0.500. The second-order valence-corrected chi connectivity index (χ2v) is 7.01. The molecule has 1 fully saturated rings. The van der Waals surface area contributed by atoms with Crippen molar-refractivity contribution in [3.8, 4) is 5.97 Å². The van der Waals surface area contributed by atoms with E-state index in [2.05, 4.69) is 35.2 Å². The van der Waals surface area contributed by atoms with Gasteiger partial charge in [0.1, 0.15) is 11.0 Å². The van der Waals surface area contributed by atoms with Gasteiger partial charge >= 0.3 is 0 Å². The fourth-order valence-electron chi connectivity index (χ4n) is 3.16. The second kappa shape index (κ2) is 6.82. The molecule has 1 aliphatic heterocycles. The minimum Gasteiger partial charge on any atom is -0.310 e. The van der Waals surface area contributed by atoms with Gasteiger partial charge in [-0.25, -0.2) is 10.2 Å². The van der Waals surface area contributed by atoms with Gasteiger partial charge in [-0.1, -0.05) is 38.1 Å². The predicted molar refractivity (Wildman–Crippen MR) is 94.4 cm³/mol. The molecule has 0 saturated carbocycles. The van der Waals surface area contributed by atoms with Crippen molar-refractivity contribution in [2.45, 2.75) is 45.2 Å². The van der Waals surface area contributed by atoms with E-state index in [0.717, 1.165) is 31.0 Å². The molecule has 0 unspecified atom stereocenters. The first-order valence-corrected chi connectivity index (χ1v) is 8.62. The van der Waals surface area contributed by atoms with Crippen LogP contribution in [-0.2, 0) is 4.79 Å². The van der Waals surface area contributed by atoms with E-state index in [9.17, 15) is 4.79 Å². The Balaban J connectivity index is 1.83. The Labute approximate surface area is 146 Å². The maximum Gasteiger partial charge on any atom is 0.267 e. The number of nitrogens with one attached hydrogen (secondary N) is 1. The zero-order valence-corrected chi connectivity index (χ0v) is 14.5. The van der Waals surface area contributed by atoms with Crippen LogP contribution >= 0.6 is 11.6 Å². The first-order chi connectivity index (χ1) is 11.5. The topological polar surface area (TPSA) is 83.1 Å². The Kier molecular flexibility index (Phi) is 4.77. The lowest BCUT2D eigenvalue weighted by Crippen LogP contribution is -2.30. The molecular weight excluding hydrogens is 324 g/mol. The van der Waals surface area contributed by atoms with Crippen LogP contribution in [0.15, 0.2) is 12.3 Å². The summed E-state index contributed by atoms with van der Waals surface area (Å²) in [5.41, 5.74) is 1.66. The minimum atomic E-state index is -0.0725. The van der Waals surface area contributed by atoms with Gasteiger partial charge in [0.25, 0.3) is 6.71 Å². The molecule has 0 bridgehead atoms. The fourth-order valence-corrected chi connectivity index (χ4v) is 3.34. The molecule has 3 heterocycles. The van der Waals surface area contributed by atoms with Gasteiger partial charge in [-0.3, -0.25) is 4.79 Å². The van der Waals surface area contributed by atoms with Crippen LogP contribution in [0.2, 0.25) is 17.8 Å². The molecule has 0 aromatic carbocycles. The predicted octanol–water partition coefficient (Wildman–Crippen LogP) is 3.41. The largest absolute Gasteiger partial charge is 0.310 e. The molecule has 0 atom stereocenters. The Morgan fingerprint density at radius 1 is 1.50 bits per heavy atom. The van der Waals surface area contributed by atoms with Gasteiger partial charge < -0.3 is 5.32 Å². The van der Waals surface area contributed by atoms with E-state index >= 15 is 0 Å². The number of hydrogen-bond donors (Lipinski definition) is 1. The van der Waals surface area contributed by atoms with Gasteiger partial charge in [-0.15, -0.1) is 0 Å². The number of aromatic nitrogens is 3. The highest BCUT2D eigenvalue weighted by atomic mass is 35.5. The lowest BCUT2D eigenvalue weighted by Gasteiger charge is -2.22. The van der Waals surface area contributed by atoms with Gasteiger partial charge in [0, 0.05) is 23.5 Å². The van der Waals surface area contributed by atoms with Crippen LogP contribution in [0.5, 0.6) is 0 Å². The lowest BCUT2D eigenvalue weighted by molar-refractivity contribution is -0.120. The molecule has 0 radical (unpaired) electrons. The van der Waals surface area contributed by atoms with Gasteiger partial charge in [0.2, 0.25) is 5.91 Å². The third-order valence-electron chi connectivity index (χ3n) is 4.62. The number of rotatable bonds is 3. The number of halogens is 1. The third kappa shape index (κ3) is 3.24. The molecule has 6 nitrogen and oxygen atoms in total. The van der Waals surface area contributed by atoms with E-state index in [0.29, 0.717) is 16.6 Å². The minimum absolute atomic E-state index is 0.0449. The molecule has 1 saturated heterocycles. The smallest absolute Gasteiger partial charge is 0.267 e. The summed E-state index contributed by atoms with van der Waals surface area (Å²) in [7, 11) is 0. The maximum atomic E-state index is 12.6. The van der Waals surface area contributed by atoms with Crippen LogP contribution in [-0.4, -0.2) is 27.2 Å². The molecule has 1 N–H and O–H groups in total. The number of nitriles is 1. The van der Waals surface area contributed by atoms with Crippen molar-refractivity contribution in [1.29, 1.82) is 5.26 Å². The van der Waals surface area contributed by atoms with E-state index < -0.39 is 0 Å². The number of anilines is 1. The van der Waals surface area contributed by atoms with Crippen molar-refractivity contribution in [2.75, 3.05) is 5.32 Å².